The minimum atomic E-state index is -4.02. The van der Waals surface area contributed by atoms with Crippen molar-refractivity contribution in [2.75, 3.05) is 19.4 Å². The number of nitrogens with one attached hydrogen (secondary N) is 2. The molecule has 0 fully saturated rings. The minimum absolute atomic E-state index is 0.116. The summed E-state index contributed by atoms with van der Waals surface area (Å²) in [6, 6.07) is 3.38. The molecule has 19 heavy (non-hydrogen) atoms. The second-order valence-electron chi connectivity index (χ2n) is 3.77. The van der Waals surface area contributed by atoms with Gasteiger partial charge in [0.2, 0.25) is 0 Å². The Balaban J connectivity index is 3.00. The van der Waals surface area contributed by atoms with E-state index >= 15 is 0 Å². The van der Waals surface area contributed by atoms with Crippen LogP contribution in [0.5, 0.6) is 5.75 Å². The zero-order valence-corrected chi connectivity index (χ0v) is 11.6. The van der Waals surface area contributed by atoms with Crippen LogP contribution in [0.1, 0.15) is 13.3 Å². The molecule has 0 aliphatic heterocycles. The number of urea groups is 1. The molecule has 106 valence electrons. The molecule has 0 aromatic heterocycles. The van der Waals surface area contributed by atoms with Gasteiger partial charge in [0.05, 0.1) is 7.11 Å². The lowest BCUT2D eigenvalue weighted by Gasteiger charge is -2.11. The number of hydrogen-bond donors (Lipinski definition) is 3. The summed E-state index contributed by atoms with van der Waals surface area (Å²) in [5.41, 5.74) is 5.80. The number of amides is 2. The SMILES string of the molecule is CCCNC(=O)NS(=O)(=O)c1cc(N)ccc1OC. The molecule has 0 atom stereocenters. The zero-order chi connectivity index (χ0) is 14.5. The topological polar surface area (TPSA) is 111 Å². The van der Waals surface area contributed by atoms with Crippen LogP contribution in [0.2, 0.25) is 0 Å². The molecule has 0 saturated heterocycles. The lowest BCUT2D eigenvalue weighted by atomic mass is 10.3. The van der Waals surface area contributed by atoms with Crippen LogP contribution >= 0.6 is 0 Å². The first kappa shape index (κ1) is 15.1. The lowest BCUT2D eigenvalue weighted by molar-refractivity contribution is 0.246. The number of ether oxygens (including phenoxy) is 1. The molecule has 0 saturated carbocycles. The number of benzene rings is 1. The summed E-state index contributed by atoms with van der Waals surface area (Å²) in [6.07, 6.45) is 0.703. The zero-order valence-electron chi connectivity index (χ0n) is 10.8. The van der Waals surface area contributed by atoms with Gasteiger partial charge in [-0.2, -0.15) is 0 Å². The lowest BCUT2D eigenvalue weighted by Crippen LogP contribution is -2.39. The molecule has 2 amide bonds. The number of methoxy groups -OCH3 is 1. The number of rotatable bonds is 5. The Morgan fingerprint density at radius 1 is 1.42 bits per heavy atom. The molecule has 1 aromatic carbocycles. The van der Waals surface area contributed by atoms with Crippen molar-refractivity contribution in [3.05, 3.63) is 18.2 Å². The molecule has 4 N–H and O–H groups in total. The number of nitrogen functional groups attached to an aromatic ring is 1. The van der Waals surface area contributed by atoms with Crippen LogP contribution in [-0.2, 0) is 10.0 Å². The van der Waals surface area contributed by atoms with Gasteiger partial charge in [-0.1, -0.05) is 6.92 Å². The molecule has 0 heterocycles. The van der Waals surface area contributed by atoms with Crippen molar-refractivity contribution in [2.24, 2.45) is 0 Å². The van der Waals surface area contributed by atoms with E-state index in [4.69, 9.17) is 10.5 Å². The van der Waals surface area contributed by atoms with Crippen LogP contribution in [0.25, 0.3) is 0 Å². The van der Waals surface area contributed by atoms with Gasteiger partial charge in [-0.3, -0.25) is 0 Å². The van der Waals surface area contributed by atoms with Gasteiger partial charge in [-0.05, 0) is 24.6 Å². The second kappa shape index (κ2) is 6.28. The fourth-order valence-electron chi connectivity index (χ4n) is 1.35. The highest BCUT2D eigenvalue weighted by Crippen LogP contribution is 2.25. The van der Waals surface area contributed by atoms with E-state index in [1.807, 2.05) is 11.6 Å². The van der Waals surface area contributed by atoms with Crippen molar-refractivity contribution in [3.8, 4) is 5.75 Å². The maximum Gasteiger partial charge on any atom is 0.328 e. The Morgan fingerprint density at radius 3 is 2.68 bits per heavy atom. The van der Waals surface area contributed by atoms with Crippen LogP contribution in [0.4, 0.5) is 10.5 Å². The van der Waals surface area contributed by atoms with Gasteiger partial charge >= 0.3 is 6.03 Å². The first-order chi connectivity index (χ1) is 8.90. The average molecular weight is 287 g/mol. The van der Waals surface area contributed by atoms with Crippen LogP contribution < -0.4 is 20.5 Å². The number of nitrogens with two attached hydrogens (primary N) is 1. The van der Waals surface area contributed by atoms with Crippen LogP contribution in [-0.4, -0.2) is 28.1 Å². The Morgan fingerprint density at radius 2 is 2.11 bits per heavy atom. The molecule has 0 aliphatic rings. The minimum Gasteiger partial charge on any atom is -0.495 e. The maximum atomic E-state index is 12.0. The Kier molecular flexibility index (Phi) is 4.99. The van der Waals surface area contributed by atoms with Gasteiger partial charge in [0, 0.05) is 12.2 Å². The molecular weight excluding hydrogens is 270 g/mol. The molecule has 1 rings (SSSR count). The van der Waals surface area contributed by atoms with Crippen molar-refractivity contribution >= 4 is 21.7 Å². The fourth-order valence-corrected chi connectivity index (χ4v) is 2.49. The van der Waals surface area contributed by atoms with Gasteiger partial charge < -0.3 is 15.8 Å². The standard InChI is InChI=1S/C11H17N3O4S/c1-3-6-13-11(15)14-19(16,17)10-7-8(12)4-5-9(10)18-2/h4-5,7H,3,6,12H2,1-2H3,(H2,13,14,15). The summed E-state index contributed by atoms with van der Waals surface area (Å²) < 4.78 is 30.9. The van der Waals surface area contributed by atoms with Crippen LogP contribution in [0.3, 0.4) is 0 Å². The first-order valence-electron chi connectivity index (χ1n) is 5.65. The number of sulfonamides is 1. The third kappa shape index (κ3) is 4.02. The van der Waals surface area contributed by atoms with Gasteiger partial charge in [-0.15, -0.1) is 0 Å². The van der Waals surface area contributed by atoms with E-state index in [1.54, 1.807) is 0 Å². The van der Waals surface area contributed by atoms with Crippen molar-refractivity contribution < 1.29 is 17.9 Å². The molecule has 0 spiro atoms. The summed E-state index contributed by atoms with van der Waals surface area (Å²) in [5, 5.41) is 2.41. The third-order valence-corrected chi connectivity index (χ3v) is 3.59. The van der Waals surface area contributed by atoms with Crippen LogP contribution in [0, 0.1) is 0 Å². The predicted octanol–water partition coefficient (Wildman–Crippen LogP) is 0.675. The number of hydrogen-bond acceptors (Lipinski definition) is 5. The quantitative estimate of drug-likeness (QED) is 0.689. The normalized spacial score (nSPS) is 10.8. The molecule has 0 unspecified atom stereocenters. The monoisotopic (exact) mass is 287 g/mol. The van der Waals surface area contributed by atoms with E-state index in [0.717, 1.165) is 0 Å². The molecule has 0 bridgehead atoms. The van der Waals surface area contributed by atoms with Crippen molar-refractivity contribution in [2.45, 2.75) is 18.2 Å². The number of carbonyl (C=O) groups is 1. The summed E-state index contributed by atoms with van der Waals surface area (Å²) >= 11 is 0. The summed E-state index contributed by atoms with van der Waals surface area (Å²) in [4.78, 5) is 11.2. The Labute approximate surface area is 112 Å². The Hall–Kier alpha value is -1.96. The number of anilines is 1. The highest BCUT2D eigenvalue weighted by molar-refractivity contribution is 7.90. The van der Waals surface area contributed by atoms with Gasteiger partial charge in [0.1, 0.15) is 10.6 Å². The van der Waals surface area contributed by atoms with E-state index in [-0.39, 0.29) is 16.3 Å². The predicted molar refractivity (Wildman–Crippen MR) is 71.4 cm³/mol. The smallest absolute Gasteiger partial charge is 0.328 e. The Bertz CT molecular complexity index is 557. The van der Waals surface area contributed by atoms with Crippen molar-refractivity contribution in [3.63, 3.8) is 0 Å². The van der Waals surface area contributed by atoms with E-state index in [9.17, 15) is 13.2 Å². The van der Waals surface area contributed by atoms with E-state index in [0.29, 0.717) is 13.0 Å². The molecular formula is C11H17N3O4S. The fraction of sp³-hybridized carbons (Fsp3) is 0.364. The number of carbonyl (C=O) groups excluding carboxylic acids is 1. The third-order valence-electron chi connectivity index (χ3n) is 2.24. The first-order valence-corrected chi connectivity index (χ1v) is 7.13. The summed E-state index contributed by atoms with van der Waals surface area (Å²) in [6.45, 7) is 2.24. The highest BCUT2D eigenvalue weighted by Gasteiger charge is 2.22. The van der Waals surface area contributed by atoms with Gasteiger partial charge in [0.25, 0.3) is 10.0 Å². The van der Waals surface area contributed by atoms with Crippen LogP contribution in [0.15, 0.2) is 23.1 Å². The second-order valence-corrected chi connectivity index (χ2v) is 5.42. The highest BCUT2D eigenvalue weighted by atomic mass is 32.2. The summed E-state index contributed by atoms with van der Waals surface area (Å²) in [7, 11) is -2.69. The largest absolute Gasteiger partial charge is 0.495 e. The molecule has 8 heteroatoms. The summed E-state index contributed by atoms with van der Waals surface area (Å²) in [5.74, 6) is 0.116. The van der Waals surface area contributed by atoms with Crippen molar-refractivity contribution in [1.82, 2.24) is 10.0 Å². The molecule has 1 aromatic rings. The van der Waals surface area contributed by atoms with Crippen molar-refractivity contribution in [1.29, 1.82) is 0 Å². The van der Waals surface area contributed by atoms with Gasteiger partial charge in [0.15, 0.2) is 0 Å². The molecule has 7 nitrogen and oxygen atoms in total. The average Bonchev–Trinajstić information content (AvgIpc) is 2.35. The molecule has 0 aliphatic carbocycles. The van der Waals surface area contributed by atoms with E-state index in [1.165, 1.54) is 25.3 Å². The van der Waals surface area contributed by atoms with E-state index < -0.39 is 16.1 Å². The maximum absolute atomic E-state index is 12.0. The van der Waals surface area contributed by atoms with Gasteiger partial charge in [-0.25, -0.2) is 17.9 Å². The molecule has 0 radical (unpaired) electrons. The van der Waals surface area contributed by atoms with E-state index in [2.05, 4.69) is 5.32 Å².